The Hall–Kier alpha value is -1.30. The van der Waals surface area contributed by atoms with E-state index in [4.69, 9.17) is 14.9 Å². The summed E-state index contributed by atoms with van der Waals surface area (Å²) in [5.41, 5.74) is 0. The van der Waals surface area contributed by atoms with Gasteiger partial charge in [0.2, 0.25) is 0 Å². The fourth-order valence-electron chi connectivity index (χ4n) is 2.49. The van der Waals surface area contributed by atoms with Crippen molar-refractivity contribution in [3.05, 3.63) is 0 Å². The van der Waals surface area contributed by atoms with Crippen LogP contribution < -0.4 is 10.6 Å². The van der Waals surface area contributed by atoms with Gasteiger partial charge >= 0.3 is 11.9 Å². The lowest BCUT2D eigenvalue weighted by Crippen LogP contribution is -2.45. The van der Waals surface area contributed by atoms with Gasteiger partial charge in [-0.2, -0.15) is 0 Å². The van der Waals surface area contributed by atoms with Crippen molar-refractivity contribution < 1.29 is 24.5 Å². The second-order valence-corrected chi connectivity index (χ2v) is 6.79. The zero-order chi connectivity index (χ0) is 20.7. The topological polar surface area (TPSA) is 118 Å². The number of aliphatic carboxylic acids is 2. The molecular formula is C17H37N5O5. The number of ether oxygens (including phenoxy) is 1. The van der Waals surface area contributed by atoms with Crippen LogP contribution in [0.3, 0.4) is 0 Å². The largest absolute Gasteiger partial charge is 0.480 e. The fourth-order valence-corrected chi connectivity index (χ4v) is 2.49. The minimum atomic E-state index is -0.851. The highest BCUT2D eigenvalue weighted by Gasteiger charge is 2.11. The Morgan fingerprint density at radius 2 is 1.52 bits per heavy atom. The smallest absolute Gasteiger partial charge is 0.317 e. The van der Waals surface area contributed by atoms with Gasteiger partial charge in [0.15, 0.2) is 0 Å². The summed E-state index contributed by atoms with van der Waals surface area (Å²) >= 11 is 0. The minimum absolute atomic E-state index is 0.0146. The van der Waals surface area contributed by atoms with E-state index < -0.39 is 11.9 Å². The van der Waals surface area contributed by atoms with E-state index in [2.05, 4.69) is 29.4 Å². The molecule has 0 aliphatic heterocycles. The molecule has 0 bridgehead atoms. The standard InChI is InChI=1S/C17H37N5O5/c1-15(2)22(7-5-18-13-20(3)11-16(23)24)8-6-19-14-21(9-10-27-4)12-17(25)26/h15,18-19H,5-14H2,1-4H3,(H,23,24)(H,25,26). The van der Waals surface area contributed by atoms with E-state index in [1.54, 1.807) is 24.0 Å². The third-order valence-electron chi connectivity index (χ3n) is 3.97. The molecule has 10 heteroatoms. The fraction of sp³-hybridized carbons (Fsp3) is 0.882. The summed E-state index contributed by atoms with van der Waals surface area (Å²) in [6, 6.07) is 0.383. The van der Waals surface area contributed by atoms with Gasteiger partial charge in [0.25, 0.3) is 0 Å². The Morgan fingerprint density at radius 3 is 2.00 bits per heavy atom. The zero-order valence-electron chi connectivity index (χ0n) is 17.1. The highest BCUT2D eigenvalue weighted by Crippen LogP contribution is 1.96. The predicted octanol–water partition coefficient (Wildman–Crippen LogP) is -1.16. The number of hydrogen-bond acceptors (Lipinski definition) is 8. The van der Waals surface area contributed by atoms with Gasteiger partial charge in [-0.3, -0.25) is 24.3 Å². The first-order valence-electron chi connectivity index (χ1n) is 9.25. The molecule has 27 heavy (non-hydrogen) atoms. The maximum atomic E-state index is 10.9. The molecule has 0 heterocycles. The van der Waals surface area contributed by atoms with E-state index in [1.807, 2.05) is 0 Å². The lowest BCUT2D eigenvalue weighted by molar-refractivity contribution is -0.139. The molecule has 0 aliphatic rings. The van der Waals surface area contributed by atoms with E-state index in [-0.39, 0.29) is 13.1 Å². The third kappa shape index (κ3) is 15.5. The molecule has 0 unspecified atom stereocenters. The average Bonchev–Trinajstić information content (AvgIpc) is 2.56. The SMILES string of the molecule is COCCN(CNCCN(CCNCN(C)CC(=O)O)C(C)C)CC(=O)O. The molecule has 0 aromatic carbocycles. The monoisotopic (exact) mass is 391 g/mol. The molecular weight excluding hydrogens is 354 g/mol. The second-order valence-electron chi connectivity index (χ2n) is 6.79. The molecule has 0 amide bonds. The summed E-state index contributed by atoms with van der Waals surface area (Å²) in [5, 5.41) is 24.2. The van der Waals surface area contributed by atoms with Crippen molar-refractivity contribution in [2.24, 2.45) is 0 Å². The van der Waals surface area contributed by atoms with Crippen LogP contribution in [-0.2, 0) is 14.3 Å². The van der Waals surface area contributed by atoms with Gasteiger partial charge in [-0.15, -0.1) is 0 Å². The highest BCUT2D eigenvalue weighted by atomic mass is 16.5. The van der Waals surface area contributed by atoms with Crippen LogP contribution in [0.15, 0.2) is 0 Å². The van der Waals surface area contributed by atoms with Crippen molar-refractivity contribution in [1.82, 2.24) is 25.3 Å². The predicted molar refractivity (Wildman–Crippen MR) is 104 cm³/mol. The van der Waals surface area contributed by atoms with Gasteiger partial charge in [0.1, 0.15) is 0 Å². The molecule has 10 nitrogen and oxygen atoms in total. The summed E-state index contributed by atoms with van der Waals surface area (Å²) < 4.78 is 5.01. The molecule has 4 N–H and O–H groups in total. The summed E-state index contributed by atoms with van der Waals surface area (Å²) in [5.74, 6) is -1.69. The number of nitrogens with one attached hydrogen (secondary N) is 2. The van der Waals surface area contributed by atoms with Crippen molar-refractivity contribution in [3.63, 3.8) is 0 Å². The Balaban J connectivity index is 4.05. The maximum Gasteiger partial charge on any atom is 0.317 e. The van der Waals surface area contributed by atoms with Gasteiger partial charge < -0.3 is 25.6 Å². The number of likely N-dealkylation sites (N-methyl/N-ethyl adjacent to an activating group) is 1. The van der Waals surface area contributed by atoms with E-state index in [0.717, 1.165) is 26.2 Å². The molecule has 0 saturated carbocycles. The van der Waals surface area contributed by atoms with Gasteiger partial charge in [0, 0.05) is 59.2 Å². The van der Waals surface area contributed by atoms with E-state index in [0.29, 0.717) is 32.5 Å². The van der Waals surface area contributed by atoms with Gasteiger partial charge in [-0.05, 0) is 20.9 Å². The van der Waals surface area contributed by atoms with Crippen molar-refractivity contribution in [2.45, 2.75) is 19.9 Å². The lowest BCUT2D eigenvalue weighted by atomic mass is 10.3. The van der Waals surface area contributed by atoms with Gasteiger partial charge in [0.05, 0.1) is 19.7 Å². The highest BCUT2D eigenvalue weighted by molar-refractivity contribution is 5.69. The van der Waals surface area contributed by atoms with Crippen molar-refractivity contribution in [3.8, 4) is 0 Å². The summed E-state index contributed by atoms with van der Waals surface area (Å²) in [6.45, 7) is 9.56. The molecule has 0 radical (unpaired) electrons. The number of carboxylic acids is 2. The van der Waals surface area contributed by atoms with Crippen LogP contribution in [0.5, 0.6) is 0 Å². The summed E-state index contributed by atoms with van der Waals surface area (Å²) in [4.78, 5) is 27.3. The molecule has 0 aliphatic carbocycles. The Bertz CT molecular complexity index is 411. The quantitative estimate of drug-likeness (QED) is 0.168. The average molecular weight is 392 g/mol. The molecule has 160 valence electrons. The Morgan fingerprint density at radius 1 is 0.963 bits per heavy atom. The van der Waals surface area contributed by atoms with E-state index >= 15 is 0 Å². The van der Waals surface area contributed by atoms with Crippen LogP contribution in [0, 0.1) is 0 Å². The van der Waals surface area contributed by atoms with Gasteiger partial charge in [-0.25, -0.2) is 0 Å². The third-order valence-corrected chi connectivity index (χ3v) is 3.97. The van der Waals surface area contributed by atoms with E-state index in [1.165, 1.54) is 0 Å². The molecule has 0 fully saturated rings. The normalized spacial score (nSPS) is 11.9. The number of methoxy groups -OCH3 is 1. The molecule has 0 aromatic rings. The van der Waals surface area contributed by atoms with E-state index in [9.17, 15) is 9.59 Å². The van der Waals surface area contributed by atoms with Crippen LogP contribution >= 0.6 is 0 Å². The molecule has 0 rings (SSSR count). The number of nitrogens with zero attached hydrogens (tertiary/aromatic N) is 3. The van der Waals surface area contributed by atoms with Crippen LogP contribution in [0.4, 0.5) is 0 Å². The summed E-state index contributed by atoms with van der Waals surface area (Å²) in [7, 11) is 3.36. The van der Waals surface area contributed by atoms with Crippen LogP contribution in [0.2, 0.25) is 0 Å². The zero-order valence-corrected chi connectivity index (χ0v) is 17.1. The minimum Gasteiger partial charge on any atom is -0.480 e. The first kappa shape index (κ1) is 25.7. The Labute approximate surface area is 162 Å². The van der Waals surface area contributed by atoms with Crippen LogP contribution in [0.1, 0.15) is 13.8 Å². The molecule has 0 aromatic heterocycles. The van der Waals surface area contributed by atoms with Gasteiger partial charge in [-0.1, -0.05) is 0 Å². The number of hydrogen-bond donors (Lipinski definition) is 4. The number of carbonyl (C=O) groups is 2. The lowest BCUT2D eigenvalue weighted by Gasteiger charge is -2.28. The maximum absolute atomic E-state index is 10.9. The number of carboxylic acid groups (broad SMARTS) is 2. The van der Waals surface area contributed by atoms with Crippen molar-refractivity contribution in [1.29, 1.82) is 0 Å². The van der Waals surface area contributed by atoms with Crippen LogP contribution in [0.25, 0.3) is 0 Å². The molecule has 0 atom stereocenters. The Kier molecular flexibility index (Phi) is 15.0. The molecule has 0 saturated heterocycles. The first-order chi connectivity index (χ1) is 12.8. The summed E-state index contributed by atoms with van der Waals surface area (Å²) in [6.07, 6.45) is 0. The van der Waals surface area contributed by atoms with Crippen molar-refractivity contribution in [2.75, 3.05) is 79.9 Å². The molecule has 0 spiro atoms. The van der Waals surface area contributed by atoms with Crippen LogP contribution in [-0.4, -0.2) is 123 Å². The first-order valence-corrected chi connectivity index (χ1v) is 9.25. The van der Waals surface area contributed by atoms with Crippen molar-refractivity contribution >= 4 is 11.9 Å². The second kappa shape index (κ2) is 15.7. The number of rotatable bonds is 18.